The summed E-state index contributed by atoms with van der Waals surface area (Å²) in [5.74, 6) is -2.79. The number of aromatic amines is 1. The molecule has 2 atom stereocenters. The molecule has 3 aromatic rings. The number of likely N-dealkylation sites (tertiary alicyclic amines) is 2. The molecule has 12 heteroatoms. The average Bonchev–Trinajstić information content (AvgIpc) is 3.62. The second kappa shape index (κ2) is 9.34. The second-order valence-corrected chi connectivity index (χ2v) is 8.95. The van der Waals surface area contributed by atoms with Crippen LogP contribution in [0, 0.1) is 5.82 Å². The van der Waals surface area contributed by atoms with E-state index in [0.717, 1.165) is 5.56 Å². The summed E-state index contributed by atoms with van der Waals surface area (Å²) < 4.78 is 53.7. The highest BCUT2D eigenvalue weighted by atomic mass is 19.4. The molecule has 2 bridgehead atoms. The third-order valence-corrected chi connectivity index (χ3v) is 6.63. The second-order valence-electron chi connectivity index (χ2n) is 8.95. The van der Waals surface area contributed by atoms with Crippen LogP contribution in [0.4, 0.5) is 17.6 Å². The van der Waals surface area contributed by atoms with Gasteiger partial charge in [0, 0.05) is 13.1 Å². The minimum atomic E-state index is -4.81. The number of carbonyl (C=O) groups excluding carboxylic acids is 3. The fourth-order valence-corrected chi connectivity index (χ4v) is 4.87. The van der Waals surface area contributed by atoms with Gasteiger partial charge in [-0.3, -0.25) is 19.5 Å². The minimum Gasteiger partial charge on any atom is -0.342 e. The molecule has 3 amide bonds. The van der Waals surface area contributed by atoms with Crippen molar-refractivity contribution < 1.29 is 31.9 Å². The first-order chi connectivity index (χ1) is 17.6. The number of hydrogen-bond donors (Lipinski definition) is 2. The Hall–Kier alpha value is -4.22. The standard InChI is InChI=1S/C25H21F4N5O3/c26-15-6-7-19(25(27,28)29)18(8-15)24(37)34-13-16-9-17(34)12-33(16)22(35)11-30-23(36)21-10-20(31-32-21)14-4-2-1-3-5-14/h1-8,10,16-17H,9,11-13H2,(H,30,36)(H,31,32). The van der Waals surface area contributed by atoms with E-state index in [0.29, 0.717) is 30.3 Å². The number of aromatic nitrogens is 2. The van der Waals surface area contributed by atoms with Gasteiger partial charge in [0.15, 0.2) is 5.69 Å². The topological polar surface area (TPSA) is 98.4 Å². The molecule has 0 saturated carbocycles. The van der Waals surface area contributed by atoms with Gasteiger partial charge in [-0.25, -0.2) is 4.39 Å². The molecule has 0 radical (unpaired) electrons. The van der Waals surface area contributed by atoms with Crippen LogP contribution in [0.3, 0.4) is 0 Å². The number of nitrogens with zero attached hydrogens (tertiary/aromatic N) is 3. The number of amides is 3. The number of rotatable bonds is 5. The van der Waals surface area contributed by atoms with Crippen LogP contribution in [-0.4, -0.2) is 69.4 Å². The highest BCUT2D eigenvalue weighted by Gasteiger charge is 2.48. The normalized spacial score (nSPS) is 18.8. The minimum absolute atomic E-state index is 0.0246. The molecule has 2 aliphatic rings. The summed E-state index contributed by atoms with van der Waals surface area (Å²) in [4.78, 5) is 40.9. The van der Waals surface area contributed by atoms with Gasteiger partial charge in [-0.05, 0) is 36.2 Å². The fourth-order valence-electron chi connectivity index (χ4n) is 4.87. The zero-order valence-corrected chi connectivity index (χ0v) is 19.3. The first-order valence-corrected chi connectivity index (χ1v) is 11.5. The highest BCUT2D eigenvalue weighted by molar-refractivity contribution is 5.97. The van der Waals surface area contributed by atoms with Crippen molar-refractivity contribution in [3.05, 3.63) is 77.2 Å². The maximum Gasteiger partial charge on any atom is 0.417 e. The molecular weight excluding hydrogens is 494 g/mol. The molecule has 0 spiro atoms. The van der Waals surface area contributed by atoms with Gasteiger partial charge < -0.3 is 15.1 Å². The van der Waals surface area contributed by atoms with E-state index in [1.807, 2.05) is 30.3 Å². The Morgan fingerprint density at radius 3 is 2.38 bits per heavy atom. The molecule has 1 aromatic heterocycles. The predicted octanol–water partition coefficient (Wildman–Crippen LogP) is 3.09. The predicted molar refractivity (Wildman–Crippen MR) is 123 cm³/mol. The molecule has 192 valence electrons. The van der Waals surface area contributed by atoms with Crippen molar-refractivity contribution in [1.29, 1.82) is 0 Å². The van der Waals surface area contributed by atoms with Crippen molar-refractivity contribution in [1.82, 2.24) is 25.3 Å². The van der Waals surface area contributed by atoms with E-state index in [2.05, 4.69) is 15.5 Å². The van der Waals surface area contributed by atoms with Gasteiger partial charge in [-0.1, -0.05) is 30.3 Å². The largest absolute Gasteiger partial charge is 0.417 e. The Bertz CT molecular complexity index is 1360. The molecular formula is C25H21F4N5O3. The molecule has 2 aliphatic heterocycles. The number of piperazine rings is 1. The van der Waals surface area contributed by atoms with Crippen LogP contribution in [0.15, 0.2) is 54.6 Å². The van der Waals surface area contributed by atoms with Crippen molar-refractivity contribution in [2.75, 3.05) is 19.6 Å². The molecule has 2 N–H and O–H groups in total. The van der Waals surface area contributed by atoms with Gasteiger partial charge in [0.25, 0.3) is 11.8 Å². The third kappa shape index (κ3) is 4.78. The number of nitrogens with one attached hydrogen (secondary N) is 2. The summed E-state index contributed by atoms with van der Waals surface area (Å²) in [5, 5.41) is 9.29. The lowest BCUT2D eigenvalue weighted by Gasteiger charge is -2.34. The first-order valence-electron chi connectivity index (χ1n) is 11.5. The highest BCUT2D eigenvalue weighted by Crippen LogP contribution is 2.36. The van der Waals surface area contributed by atoms with Crippen LogP contribution in [-0.2, 0) is 11.0 Å². The van der Waals surface area contributed by atoms with Gasteiger partial charge in [-0.2, -0.15) is 18.3 Å². The van der Waals surface area contributed by atoms with E-state index >= 15 is 0 Å². The monoisotopic (exact) mass is 515 g/mol. The molecule has 2 unspecified atom stereocenters. The Labute approximate surface area is 208 Å². The Kier molecular flexibility index (Phi) is 6.18. The molecule has 37 heavy (non-hydrogen) atoms. The summed E-state index contributed by atoms with van der Waals surface area (Å²) in [5.41, 5.74) is -0.351. The Morgan fingerprint density at radius 1 is 1.00 bits per heavy atom. The van der Waals surface area contributed by atoms with Crippen molar-refractivity contribution in [2.45, 2.75) is 24.7 Å². The number of halogens is 4. The SMILES string of the molecule is O=C(NCC(=O)N1CC2CC1CN2C(=O)c1cc(F)ccc1C(F)(F)F)c1cc(-c2ccccc2)[nH]n1. The smallest absolute Gasteiger partial charge is 0.342 e. The van der Waals surface area contributed by atoms with Crippen molar-refractivity contribution in [3.63, 3.8) is 0 Å². The number of hydrogen-bond acceptors (Lipinski definition) is 4. The lowest BCUT2D eigenvalue weighted by molar-refractivity contribution is -0.138. The zero-order chi connectivity index (χ0) is 26.3. The Morgan fingerprint density at radius 2 is 1.70 bits per heavy atom. The lowest BCUT2D eigenvalue weighted by atomic mass is 10.0. The summed E-state index contributed by atoms with van der Waals surface area (Å²) in [7, 11) is 0. The number of fused-ring (bicyclic) bond motifs is 2. The molecule has 2 saturated heterocycles. The van der Waals surface area contributed by atoms with Crippen molar-refractivity contribution in [3.8, 4) is 11.3 Å². The third-order valence-electron chi connectivity index (χ3n) is 6.63. The van der Waals surface area contributed by atoms with E-state index in [-0.39, 0.29) is 31.2 Å². The van der Waals surface area contributed by atoms with Crippen LogP contribution in [0.1, 0.15) is 32.8 Å². The van der Waals surface area contributed by atoms with Crippen molar-refractivity contribution >= 4 is 17.7 Å². The number of benzene rings is 2. The van der Waals surface area contributed by atoms with E-state index in [9.17, 15) is 31.9 Å². The van der Waals surface area contributed by atoms with Crippen LogP contribution < -0.4 is 5.32 Å². The van der Waals surface area contributed by atoms with Gasteiger partial charge in [0.1, 0.15) is 5.82 Å². The number of carbonyl (C=O) groups is 3. The van der Waals surface area contributed by atoms with Crippen molar-refractivity contribution in [2.24, 2.45) is 0 Å². The summed E-state index contributed by atoms with van der Waals surface area (Å²) in [6, 6.07) is 11.7. The maximum absolute atomic E-state index is 13.7. The molecule has 0 aliphatic carbocycles. The van der Waals surface area contributed by atoms with Gasteiger partial charge in [0.05, 0.1) is 35.4 Å². The fraction of sp³-hybridized carbons (Fsp3) is 0.280. The Balaban J connectivity index is 1.19. The summed E-state index contributed by atoms with van der Waals surface area (Å²) in [6.45, 7) is -0.162. The summed E-state index contributed by atoms with van der Waals surface area (Å²) >= 11 is 0. The quantitative estimate of drug-likeness (QED) is 0.511. The number of H-pyrrole nitrogens is 1. The van der Waals surface area contributed by atoms with Crippen LogP contribution in [0.5, 0.6) is 0 Å². The molecule has 5 rings (SSSR count). The summed E-state index contributed by atoms with van der Waals surface area (Å²) in [6.07, 6.45) is -4.42. The van der Waals surface area contributed by atoms with Crippen LogP contribution in [0.2, 0.25) is 0 Å². The van der Waals surface area contributed by atoms with E-state index in [4.69, 9.17) is 0 Å². The average molecular weight is 515 g/mol. The van der Waals surface area contributed by atoms with Crippen LogP contribution >= 0.6 is 0 Å². The van der Waals surface area contributed by atoms with E-state index in [1.165, 1.54) is 9.80 Å². The van der Waals surface area contributed by atoms with Gasteiger partial charge in [0.2, 0.25) is 5.91 Å². The van der Waals surface area contributed by atoms with Crippen LogP contribution in [0.25, 0.3) is 11.3 Å². The van der Waals surface area contributed by atoms with Gasteiger partial charge >= 0.3 is 6.18 Å². The molecule has 8 nitrogen and oxygen atoms in total. The number of alkyl halides is 3. The van der Waals surface area contributed by atoms with E-state index in [1.54, 1.807) is 6.07 Å². The molecule has 2 fully saturated rings. The molecule has 3 heterocycles. The van der Waals surface area contributed by atoms with E-state index < -0.39 is 47.0 Å². The molecule has 2 aromatic carbocycles. The lowest BCUT2D eigenvalue weighted by Crippen LogP contribution is -2.52. The first kappa shape index (κ1) is 24.5. The zero-order valence-electron chi connectivity index (χ0n) is 19.3. The van der Waals surface area contributed by atoms with Gasteiger partial charge in [-0.15, -0.1) is 0 Å². The maximum atomic E-state index is 13.7.